The van der Waals surface area contributed by atoms with Crippen molar-refractivity contribution in [3.63, 3.8) is 0 Å². The highest BCUT2D eigenvalue weighted by atomic mass is 35.5. The van der Waals surface area contributed by atoms with Crippen LogP contribution in [0.5, 0.6) is 5.75 Å². The van der Waals surface area contributed by atoms with E-state index in [2.05, 4.69) is 0 Å². The second-order valence-electron chi connectivity index (χ2n) is 6.18. The first kappa shape index (κ1) is 18.0. The number of rotatable bonds is 5. The monoisotopic (exact) mass is 341 g/mol. The summed E-state index contributed by atoms with van der Waals surface area (Å²) in [6.45, 7) is 2.67. The quantitative estimate of drug-likeness (QED) is 0.862. The van der Waals surface area contributed by atoms with Crippen LogP contribution in [-0.4, -0.2) is 53.9 Å². The van der Waals surface area contributed by atoms with E-state index in [1.165, 1.54) is 7.11 Å². The summed E-state index contributed by atoms with van der Waals surface area (Å²) in [6.07, 6.45) is 1.38. The Balaban J connectivity index is 2.24. The van der Waals surface area contributed by atoms with Gasteiger partial charge < -0.3 is 19.8 Å². The number of benzene rings is 1. The number of methoxy groups -OCH3 is 1. The van der Waals surface area contributed by atoms with Gasteiger partial charge in [0.1, 0.15) is 5.75 Å². The molecule has 2 atom stereocenters. The molecule has 1 amide bonds. The molecule has 0 aromatic heterocycles. The van der Waals surface area contributed by atoms with Gasteiger partial charge in [0.25, 0.3) is 5.91 Å². The van der Waals surface area contributed by atoms with E-state index in [-0.39, 0.29) is 12.5 Å². The van der Waals surface area contributed by atoms with Gasteiger partial charge in [0.15, 0.2) is 0 Å². The van der Waals surface area contributed by atoms with Crippen LogP contribution in [0.1, 0.15) is 36.5 Å². The van der Waals surface area contributed by atoms with Gasteiger partial charge in [-0.3, -0.25) is 4.79 Å². The van der Waals surface area contributed by atoms with Crippen LogP contribution in [0.2, 0.25) is 5.02 Å². The first-order valence-corrected chi connectivity index (χ1v) is 8.26. The van der Waals surface area contributed by atoms with Crippen molar-refractivity contribution in [2.45, 2.75) is 32.3 Å². The van der Waals surface area contributed by atoms with Crippen LogP contribution in [0.15, 0.2) is 18.2 Å². The highest BCUT2D eigenvalue weighted by Gasteiger charge is 2.43. The van der Waals surface area contributed by atoms with Crippen LogP contribution in [0.25, 0.3) is 0 Å². The third kappa shape index (κ3) is 3.79. The first-order chi connectivity index (χ1) is 11.0. The summed E-state index contributed by atoms with van der Waals surface area (Å²) >= 11 is 6.04. The zero-order valence-corrected chi connectivity index (χ0v) is 14.3. The maximum atomic E-state index is 12.8. The van der Waals surface area contributed by atoms with Gasteiger partial charge in [-0.2, -0.15) is 0 Å². The largest absolute Gasteiger partial charge is 0.497 e. The lowest BCUT2D eigenvalue weighted by Gasteiger charge is -2.45. The maximum Gasteiger partial charge on any atom is 0.254 e. The standard InChI is InChI=1S/C17H24ClNO4/c1-3-5-17(11-20)10-19(6-4-15(17)21)16(22)12-7-13(18)9-14(8-12)23-2/h7-9,15,20-21H,3-6,10-11H2,1-2H3/t15-,17-/m0/s1. The topological polar surface area (TPSA) is 70.0 Å². The van der Waals surface area contributed by atoms with Crippen LogP contribution in [0.4, 0.5) is 0 Å². The Kier molecular flexibility index (Phi) is 5.89. The molecular weight excluding hydrogens is 318 g/mol. The van der Waals surface area contributed by atoms with Crippen molar-refractivity contribution >= 4 is 17.5 Å². The minimum Gasteiger partial charge on any atom is -0.497 e. The Hall–Kier alpha value is -1.30. The van der Waals surface area contributed by atoms with Crippen molar-refractivity contribution in [2.24, 2.45) is 5.41 Å². The predicted molar refractivity (Wildman–Crippen MR) is 89.0 cm³/mol. The Morgan fingerprint density at radius 1 is 1.48 bits per heavy atom. The van der Waals surface area contributed by atoms with Crippen LogP contribution in [-0.2, 0) is 0 Å². The van der Waals surface area contributed by atoms with Gasteiger partial charge in [0.05, 0.1) is 19.8 Å². The zero-order chi connectivity index (χ0) is 17.0. The molecule has 128 valence electrons. The lowest BCUT2D eigenvalue weighted by molar-refractivity contribution is -0.0720. The summed E-state index contributed by atoms with van der Waals surface area (Å²) in [5, 5.41) is 20.5. The number of amides is 1. The molecular formula is C17H24ClNO4. The number of halogens is 1. The number of likely N-dealkylation sites (tertiary alicyclic amines) is 1. The van der Waals surface area contributed by atoms with Crippen molar-refractivity contribution < 1.29 is 19.7 Å². The van der Waals surface area contributed by atoms with E-state index in [9.17, 15) is 15.0 Å². The first-order valence-electron chi connectivity index (χ1n) is 7.88. The van der Waals surface area contributed by atoms with Crippen molar-refractivity contribution in [2.75, 3.05) is 26.8 Å². The van der Waals surface area contributed by atoms with Gasteiger partial charge in [-0.05, 0) is 31.0 Å². The maximum absolute atomic E-state index is 12.8. The Bertz CT molecular complexity index is 566. The minimum absolute atomic E-state index is 0.134. The van der Waals surface area contributed by atoms with Gasteiger partial charge in [0, 0.05) is 29.1 Å². The highest BCUT2D eigenvalue weighted by molar-refractivity contribution is 6.31. The van der Waals surface area contributed by atoms with Crippen LogP contribution in [0.3, 0.4) is 0 Å². The van der Waals surface area contributed by atoms with Crippen LogP contribution >= 0.6 is 11.6 Å². The van der Waals surface area contributed by atoms with E-state index in [0.29, 0.717) is 42.3 Å². The molecule has 2 rings (SSSR count). The second kappa shape index (κ2) is 7.51. The number of ether oxygens (including phenoxy) is 1. The molecule has 1 heterocycles. The number of aliphatic hydroxyl groups excluding tert-OH is 2. The van der Waals surface area contributed by atoms with Crippen LogP contribution < -0.4 is 4.74 Å². The van der Waals surface area contributed by atoms with Crippen LogP contribution in [0, 0.1) is 5.41 Å². The number of piperidine rings is 1. The molecule has 0 unspecified atom stereocenters. The number of hydrogen-bond donors (Lipinski definition) is 2. The van der Waals surface area contributed by atoms with Crippen molar-refractivity contribution in [1.29, 1.82) is 0 Å². The lowest BCUT2D eigenvalue weighted by Crippen LogP contribution is -2.55. The normalized spacial score (nSPS) is 24.6. The number of aliphatic hydroxyl groups is 2. The van der Waals surface area contributed by atoms with Crippen molar-refractivity contribution in [1.82, 2.24) is 4.90 Å². The highest BCUT2D eigenvalue weighted by Crippen LogP contribution is 2.35. The SMILES string of the molecule is CCC[C@@]1(CO)CN(C(=O)c2cc(Cl)cc(OC)c2)CC[C@@H]1O. The molecule has 1 aliphatic heterocycles. The number of hydrogen-bond acceptors (Lipinski definition) is 4. The molecule has 0 spiro atoms. The van der Waals surface area contributed by atoms with Gasteiger partial charge >= 0.3 is 0 Å². The average Bonchev–Trinajstić information content (AvgIpc) is 2.55. The zero-order valence-electron chi connectivity index (χ0n) is 13.6. The Morgan fingerprint density at radius 2 is 2.22 bits per heavy atom. The lowest BCUT2D eigenvalue weighted by atomic mass is 9.74. The summed E-state index contributed by atoms with van der Waals surface area (Å²) in [7, 11) is 1.52. The molecule has 2 N–H and O–H groups in total. The molecule has 1 saturated heterocycles. The molecule has 0 bridgehead atoms. The summed E-state index contributed by atoms with van der Waals surface area (Å²) in [5.74, 6) is 0.367. The fourth-order valence-corrected chi connectivity index (χ4v) is 3.51. The molecule has 0 saturated carbocycles. The molecule has 1 aromatic rings. The van der Waals surface area contributed by atoms with E-state index in [0.717, 1.165) is 6.42 Å². The number of carbonyl (C=O) groups is 1. The fourth-order valence-electron chi connectivity index (χ4n) is 3.29. The van der Waals surface area contributed by atoms with E-state index < -0.39 is 11.5 Å². The van der Waals surface area contributed by atoms with E-state index >= 15 is 0 Å². The average molecular weight is 342 g/mol. The van der Waals surface area contributed by atoms with Crippen molar-refractivity contribution in [3.05, 3.63) is 28.8 Å². The molecule has 6 heteroatoms. The summed E-state index contributed by atoms with van der Waals surface area (Å²) in [6, 6.07) is 4.91. The number of carbonyl (C=O) groups excluding carboxylic acids is 1. The van der Waals surface area contributed by atoms with E-state index in [1.54, 1.807) is 23.1 Å². The fraction of sp³-hybridized carbons (Fsp3) is 0.588. The summed E-state index contributed by atoms with van der Waals surface area (Å²) in [4.78, 5) is 14.5. The Labute approximate surface area is 141 Å². The smallest absolute Gasteiger partial charge is 0.254 e. The molecule has 0 radical (unpaired) electrons. The van der Waals surface area contributed by atoms with Gasteiger partial charge in [-0.25, -0.2) is 0 Å². The predicted octanol–water partition coefficient (Wildman–Crippen LogP) is 2.33. The second-order valence-corrected chi connectivity index (χ2v) is 6.62. The molecule has 1 aliphatic rings. The van der Waals surface area contributed by atoms with Gasteiger partial charge in [-0.15, -0.1) is 0 Å². The molecule has 0 aliphatic carbocycles. The minimum atomic E-state index is -0.647. The van der Waals surface area contributed by atoms with Crippen molar-refractivity contribution in [3.8, 4) is 5.75 Å². The molecule has 1 aromatic carbocycles. The molecule has 1 fully saturated rings. The molecule has 5 nitrogen and oxygen atoms in total. The number of nitrogens with zero attached hydrogens (tertiary/aromatic N) is 1. The summed E-state index contributed by atoms with van der Waals surface area (Å²) < 4.78 is 5.16. The molecule has 23 heavy (non-hydrogen) atoms. The van der Waals surface area contributed by atoms with Gasteiger partial charge in [0.2, 0.25) is 0 Å². The van der Waals surface area contributed by atoms with E-state index in [4.69, 9.17) is 16.3 Å². The Morgan fingerprint density at radius 3 is 2.83 bits per heavy atom. The van der Waals surface area contributed by atoms with E-state index in [1.807, 2.05) is 6.92 Å². The van der Waals surface area contributed by atoms with Gasteiger partial charge in [-0.1, -0.05) is 24.9 Å². The summed E-state index contributed by atoms with van der Waals surface area (Å²) in [5.41, 5.74) is -0.195. The third-order valence-electron chi connectivity index (χ3n) is 4.59. The third-order valence-corrected chi connectivity index (χ3v) is 4.81.